The van der Waals surface area contributed by atoms with Gasteiger partial charge in [0.15, 0.2) is 6.61 Å². The number of nitrogens with zero attached hydrogens (tertiary/aromatic N) is 2. The van der Waals surface area contributed by atoms with Crippen LogP contribution in [0.3, 0.4) is 0 Å². The molecule has 106 valence electrons. The second-order valence-electron chi connectivity index (χ2n) is 4.38. The van der Waals surface area contributed by atoms with E-state index in [1.165, 1.54) is 6.33 Å². The van der Waals surface area contributed by atoms with Gasteiger partial charge in [0, 0.05) is 0 Å². The maximum Gasteiger partial charge on any atom is 0.258 e. The first kappa shape index (κ1) is 14.3. The molecular weight excluding hydrogens is 280 g/mol. The number of hydrogen-bond donors (Lipinski definition) is 2. The van der Waals surface area contributed by atoms with Gasteiger partial charge in [-0.25, -0.2) is 4.98 Å². The fourth-order valence-corrected chi connectivity index (χ4v) is 1.81. The van der Waals surface area contributed by atoms with Crippen molar-refractivity contribution in [1.82, 2.24) is 20.5 Å². The first-order valence-electron chi connectivity index (χ1n) is 6.10. The summed E-state index contributed by atoms with van der Waals surface area (Å²) in [6.45, 7) is 3.62. The Bertz CT molecular complexity index is 586. The third-order valence-electron chi connectivity index (χ3n) is 2.67. The molecule has 1 aromatic carbocycles. The lowest BCUT2D eigenvalue weighted by Gasteiger charge is -2.12. The Kier molecular flexibility index (Phi) is 4.57. The molecule has 0 spiro atoms. The maximum absolute atomic E-state index is 11.8. The van der Waals surface area contributed by atoms with E-state index in [-0.39, 0.29) is 18.6 Å². The van der Waals surface area contributed by atoms with E-state index in [4.69, 9.17) is 16.3 Å². The highest BCUT2D eigenvalue weighted by molar-refractivity contribution is 6.32. The molecule has 0 bridgehead atoms. The number of H-pyrrole nitrogens is 1. The second-order valence-corrected chi connectivity index (χ2v) is 4.79. The maximum atomic E-state index is 11.8. The standard InChI is InChI=1S/C13H15ClN4O2/c1-8-3-4-10(14)11(5-8)20-6-12(19)17-9(2)13-15-7-16-18-13/h3-5,7,9H,6H2,1-2H3,(H,17,19)(H,15,16,18). The minimum atomic E-state index is -0.262. The third-order valence-corrected chi connectivity index (χ3v) is 2.98. The van der Waals surface area contributed by atoms with E-state index in [1.54, 1.807) is 19.1 Å². The fraction of sp³-hybridized carbons (Fsp3) is 0.308. The van der Waals surface area contributed by atoms with Crippen LogP contribution in [0.4, 0.5) is 0 Å². The van der Waals surface area contributed by atoms with Crippen LogP contribution < -0.4 is 10.1 Å². The van der Waals surface area contributed by atoms with Crippen LogP contribution >= 0.6 is 11.6 Å². The summed E-state index contributed by atoms with van der Waals surface area (Å²) in [6, 6.07) is 5.14. The van der Waals surface area contributed by atoms with Gasteiger partial charge in [-0.05, 0) is 31.5 Å². The number of aromatic amines is 1. The Labute approximate surface area is 121 Å². The van der Waals surface area contributed by atoms with E-state index in [2.05, 4.69) is 20.5 Å². The number of carbonyl (C=O) groups is 1. The van der Waals surface area contributed by atoms with Crippen molar-refractivity contribution in [1.29, 1.82) is 0 Å². The Balaban J connectivity index is 1.87. The van der Waals surface area contributed by atoms with Crippen LogP contribution in [0.2, 0.25) is 5.02 Å². The first-order valence-corrected chi connectivity index (χ1v) is 6.47. The summed E-state index contributed by atoms with van der Waals surface area (Å²) in [5, 5.41) is 9.65. The average Bonchev–Trinajstić information content (AvgIpc) is 2.94. The highest BCUT2D eigenvalue weighted by Gasteiger charge is 2.12. The Morgan fingerprint density at radius 2 is 2.35 bits per heavy atom. The van der Waals surface area contributed by atoms with Crippen molar-refractivity contribution in [2.75, 3.05) is 6.61 Å². The van der Waals surface area contributed by atoms with Gasteiger partial charge in [0.05, 0.1) is 11.1 Å². The lowest BCUT2D eigenvalue weighted by atomic mass is 10.2. The molecule has 0 aliphatic rings. The topological polar surface area (TPSA) is 79.9 Å². The van der Waals surface area contributed by atoms with Gasteiger partial charge in [-0.3, -0.25) is 9.89 Å². The summed E-state index contributed by atoms with van der Waals surface area (Å²) < 4.78 is 5.41. The molecule has 0 saturated carbocycles. The smallest absolute Gasteiger partial charge is 0.258 e. The number of halogens is 1. The molecule has 1 aromatic heterocycles. The summed E-state index contributed by atoms with van der Waals surface area (Å²) in [7, 11) is 0. The highest BCUT2D eigenvalue weighted by Crippen LogP contribution is 2.25. The van der Waals surface area contributed by atoms with Crippen molar-refractivity contribution < 1.29 is 9.53 Å². The van der Waals surface area contributed by atoms with E-state index < -0.39 is 0 Å². The summed E-state index contributed by atoms with van der Waals surface area (Å²) >= 11 is 5.99. The number of benzene rings is 1. The minimum Gasteiger partial charge on any atom is -0.482 e. The normalized spacial score (nSPS) is 11.9. The molecule has 0 aliphatic heterocycles. The van der Waals surface area contributed by atoms with Crippen molar-refractivity contribution >= 4 is 17.5 Å². The van der Waals surface area contributed by atoms with Gasteiger partial charge >= 0.3 is 0 Å². The van der Waals surface area contributed by atoms with Crippen molar-refractivity contribution in [3.63, 3.8) is 0 Å². The molecule has 0 saturated heterocycles. The SMILES string of the molecule is Cc1ccc(Cl)c(OCC(=O)NC(C)c2ncn[nH]2)c1. The van der Waals surface area contributed by atoms with Crippen LogP contribution in [0.1, 0.15) is 24.4 Å². The van der Waals surface area contributed by atoms with E-state index in [1.807, 2.05) is 13.0 Å². The molecule has 0 radical (unpaired) electrons. The van der Waals surface area contributed by atoms with Crippen molar-refractivity contribution in [3.05, 3.63) is 40.9 Å². The lowest BCUT2D eigenvalue weighted by Crippen LogP contribution is -2.31. The quantitative estimate of drug-likeness (QED) is 0.884. The number of amides is 1. The Morgan fingerprint density at radius 1 is 1.55 bits per heavy atom. The molecule has 2 aromatic rings. The van der Waals surface area contributed by atoms with Gasteiger partial charge < -0.3 is 10.1 Å². The average molecular weight is 295 g/mol. The van der Waals surface area contributed by atoms with E-state index in [0.29, 0.717) is 16.6 Å². The highest BCUT2D eigenvalue weighted by atomic mass is 35.5. The predicted octanol–water partition coefficient (Wildman–Crippen LogP) is 2.02. The number of carbonyl (C=O) groups excluding carboxylic acids is 1. The number of hydrogen-bond acceptors (Lipinski definition) is 4. The largest absolute Gasteiger partial charge is 0.482 e. The molecule has 0 aliphatic carbocycles. The molecule has 2 rings (SSSR count). The number of aryl methyl sites for hydroxylation is 1. The molecule has 1 unspecified atom stereocenters. The first-order chi connectivity index (χ1) is 9.56. The molecular formula is C13H15ClN4O2. The van der Waals surface area contributed by atoms with Crippen LogP contribution in [0.5, 0.6) is 5.75 Å². The molecule has 1 heterocycles. The van der Waals surface area contributed by atoms with Crippen LogP contribution in [-0.2, 0) is 4.79 Å². The predicted molar refractivity (Wildman–Crippen MR) is 74.6 cm³/mol. The number of rotatable bonds is 5. The van der Waals surface area contributed by atoms with Gasteiger partial charge in [-0.2, -0.15) is 5.10 Å². The zero-order valence-corrected chi connectivity index (χ0v) is 11.9. The van der Waals surface area contributed by atoms with Crippen molar-refractivity contribution in [2.24, 2.45) is 0 Å². The van der Waals surface area contributed by atoms with Gasteiger partial charge in [0.1, 0.15) is 17.9 Å². The van der Waals surface area contributed by atoms with E-state index in [9.17, 15) is 4.79 Å². The minimum absolute atomic E-state index is 0.109. The van der Waals surface area contributed by atoms with Crippen molar-refractivity contribution in [3.8, 4) is 5.75 Å². The van der Waals surface area contributed by atoms with E-state index >= 15 is 0 Å². The molecule has 1 atom stereocenters. The van der Waals surface area contributed by atoms with Gasteiger partial charge in [-0.15, -0.1) is 0 Å². The molecule has 2 N–H and O–H groups in total. The zero-order valence-electron chi connectivity index (χ0n) is 11.2. The molecule has 6 nitrogen and oxygen atoms in total. The van der Waals surface area contributed by atoms with Crippen LogP contribution in [-0.4, -0.2) is 27.7 Å². The lowest BCUT2D eigenvalue weighted by molar-refractivity contribution is -0.123. The molecule has 7 heteroatoms. The summed E-state index contributed by atoms with van der Waals surface area (Å²) in [6.07, 6.45) is 1.39. The number of ether oxygens (including phenoxy) is 1. The van der Waals surface area contributed by atoms with Crippen LogP contribution in [0.25, 0.3) is 0 Å². The Morgan fingerprint density at radius 3 is 3.05 bits per heavy atom. The summed E-state index contributed by atoms with van der Waals surface area (Å²) in [5.74, 6) is 0.826. The number of aromatic nitrogens is 3. The molecule has 1 amide bonds. The zero-order chi connectivity index (χ0) is 14.5. The van der Waals surface area contributed by atoms with E-state index in [0.717, 1.165) is 5.56 Å². The third kappa shape index (κ3) is 3.71. The van der Waals surface area contributed by atoms with Gasteiger partial charge in [-0.1, -0.05) is 17.7 Å². The van der Waals surface area contributed by atoms with Crippen LogP contribution in [0, 0.1) is 6.92 Å². The summed E-state index contributed by atoms with van der Waals surface area (Å²) in [5.41, 5.74) is 1.01. The number of nitrogens with one attached hydrogen (secondary N) is 2. The van der Waals surface area contributed by atoms with Crippen LogP contribution in [0.15, 0.2) is 24.5 Å². The van der Waals surface area contributed by atoms with Crippen molar-refractivity contribution in [2.45, 2.75) is 19.9 Å². The molecule has 20 heavy (non-hydrogen) atoms. The van der Waals surface area contributed by atoms with Gasteiger partial charge in [0.2, 0.25) is 0 Å². The second kappa shape index (κ2) is 6.38. The fourth-order valence-electron chi connectivity index (χ4n) is 1.64. The summed E-state index contributed by atoms with van der Waals surface area (Å²) in [4.78, 5) is 15.7. The monoisotopic (exact) mass is 294 g/mol. The Hall–Kier alpha value is -2.08. The van der Waals surface area contributed by atoms with Gasteiger partial charge in [0.25, 0.3) is 5.91 Å². The molecule has 0 fully saturated rings.